The molecule has 2 aliphatic rings. The van der Waals surface area contributed by atoms with Crippen molar-refractivity contribution in [2.75, 3.05) is 23.7 Å². The zero-order chi connectivity index (χ0) is 18.5. The molecule has 2 N–H and O–H groups in total. The van der Waals surface area contributed by atoms with Gasteiger partial charge in [-0.05, 0) is 13.8 Å². The van der Waals surface area contributed by atoms with Gasteiger partial charge in [0.25, 0.3) is 0 Å². The van der Waals surface area contributed by atoms with Crippen LogP contribution in [0.2, 0.25) is 0 Å². The molecule has 0 bridgehead atoms. The number of amidine groups is 1. The first-order chi connectivity index (χ1) is 12.3. The normalized spacial score (nSPS) is 25.9. The molecule has 6 nitrogen and oxygen atoms in total. The first-order valence-corrected chi connectivity index (χ1v) is 10.00. The highest BCUT2D eigenvalue weighted by Gasteiger charge is 2.51. The number of aliphatic imine (C=N–C) groups is 1. The quantitative estimate of drug-likeness (QED) is 0.859. The molecule has 0 radical (unpaired) electrons. The van der Waals surface area contributed by atoms with E-state index in [9.17, 15) is 8.78 Å². The summed E-state index contributed by atoms with van der Waals surface area (Å²) in [5.74, 6) is 0.569. The second kappa shape index (κ2) is 6.12. The van der Waals surface area contributed by atoms with Crippen LogP contribution in [0.1, 0.15) is 24.4 Å². The predicted octanol–water partition coefficient (Wildman–Crippen LogP) is 2.67. The van der Waals surface area contributed by atoms with Gasteiger partial charge >= 0.3 is 0 Å². The molecule has 4 heterocycles. The van der Waals surface area contributed by atoms with Crippen LogP contribution in [-0.4, -0.2) is 39.0 Å². The molecule has 0 unspecified atom stereocenters. The molecular formula is C16H18F2N6S2. The Labute approximate surface area is 158 Å². The highest BCUT2D eigenvalue weighted by molar-refractivity contribution is 8.13. The molecule has 1 saturated heterocycles. The lowest BCUT2D eigenvalue weighted by molar-refractivity contribution is 0.205. The molecule has 1 fully saturated rings. The fourth-order valence-corrected chi connectivity index (χ4v) is 5.30. The summed E-state index contributed by atoms with van der Waals surface area (Å²) < 4.78 is 28.3. The molecule has 0 spiro atoms. The van der Waals surface area contributed by atoms with Crippen molar-refractivity contribution in [3.05, 3.63) is 34.3 Å². The topological polar surface area (TPSA) is 80.3 Å². The van der Waals surface area contributed by atoms with Crippen LogP contribution in [0.15, 0.2) is 22.9 Å². The first kappa shape index (κ1) is 17.6. The lowest BCUT2D eigenvalue weighted by Crippen LogP contribution is -2.39. The van der Waals surface area contributed by atoms with E-state index < -0.39 is 17.0 Å². The SMILES string of the molecule is CC(C)(F)c1nc(N2C[C@H]3CSC(N)=N[C@@]3(c3cncs3)C2)ncc1F. The second-order valence-corrected chi connectivity index (χ2v) is 8.89. The van der Waals surface area contributed by atoms with Crippen LogP contribution in [0, 0.1) is 11.7 Å². The largest absolute Gasteiger partial charge is 0.379 e. The van der Waals surface area contributed by atoms with Crippen molar-refractivity contribution in [3.63, 3.8) is 0 Å². The standard InChI is InChI=1S/C16H18F2N6S2/c1-15(2,18)12-10(17)3-21-14(22-12)24-5-9-6-25-13(19)23-16(9,7-24)11-4-20-8-26-11/h3-4,8-9H,5-7H2,1-2H3,(H2,19,23)/t9-,16-/m0/s1. The summed E-state index contributed by atoms with van der Waals surface area (Å²) in [7, 11) is 0. The molecular weight excluding hydrogens is 378 g/mol. The number of halogens is 2. The number of thiazole rings is 1. The number of alkyl halides is 1. The summed E-state index contributed by atoms with van der Waals surface area (Å²) in [6, 6.07) is 0. The molecule has 2 atom stereocenters. The number of thioether (sulfide) groups is 1. The smallest absolute Gasteiger partial charge is 0.225 e. The van der Waals surface area contributed by atoms with Crippen LogP contribution < -0.4 is 10.6 Å². The zero-order valence-electron chi connectivity index (χ0n) is 14.3. The Morgan fingerprint density at radius 1 is 1.38 bits per heavy atom. The third-order valence-corrected chi connectivity index (χ3v) is 6.62. The van der Waals surface area contributed by atoms with Crippen LogP contribution in [0.4, 0.5) is 14.7 Å². The summed E-state index contributed by atoms with van der Waals surface area (Å²) in [6.45, 7) is 3.71. The van der Waals surface area contributed by atoms with E-state index in [0.29, 0.717) is 24.2 Å². The first-order valence-electron chi connectivity index (χ1n) is 8.13. The minimum Gasteiger partial charge on any atom is -0.379 e. The maximum Gasteiger partial charge on any atom is 0.225 e. The van der Waals surface area contributed by atoms with E-state index in [-0.39, 0.29) is 11.6 Å². The lowest BCUT2D eigenvalue weighted by Gasteiger charge is -2.32. The van der Waals surface area contributed by atoms with E-state index in [1.807, 2.05) is 11.1 Å². The molecule has 10 heteroatoms. The van der Waals surface area contributed by atoms with Gasteiger partial charge in [0.15, 0.2) is 11.0 Å². The number of nitrogens with two attached hydrogens (primary N) is 1. The molecule has 2 aromatic rings. The molecule has 4 rings (SSSR count). The average molecular weight is 396 g/mol. The average Bonchev–Trinajstić information content (AvgIpc) is 3.22. The lowest BCUT2D eigenvalue weighted by atomic mass is 9.87. The maximum absolute atomic E-state index is 14.3. The van der Waals surface area contributed by atoms with Gasteiger partial charge in [0.1, 0.15) is 16.9 Å². The van der Waals surface area contributed by atoms with Crippen LogP contribution in [0.25, 0.3) is 0 Å². The van der Waals surface area contributed by atoms with E-state index in [0.717, 1.165) is 16.8 Å². The monoisotopic (exact) mass is 396 g/mol. The van der Waals surface area contributed by atoms with E-state index in [4.69, 9.17) is 10.7 Å². The van der Waals surface area contributed by atoms with Crippen molar-refractivity contribution in [3.8, 4) is 0 Å². The fraction of sp³-hybridized carbons (Fsp3) is 0.500. The van der Waals surface area contributed by atoms with Crippen molar-refractivity contribution in [1.29, 1.82) is 0 Å². The predicted molar refractivity (Wildman–Crippen MR) is 99.7 cm³/mol. The Kier molecular flexibility index (Phi) is 4.14. The molecule has 0 saturated carbocycles. The van der Waals surface area contributed by atoms with E-state index in [2.05, 4.69) is 15.0 Å². The van der Waals surface area contributed by atoms with Gasteiger partial charge < -0.3 is 10.6 Å². The van der Waals surface area contributed by atoms with Gasteiger partial charge in [-0.2, -0.15) is 0 Å². The van der Waals surface area contributed by atoms with Crippen molar-refractivity contribution >= 4 is 34.2 Å². The highest BCUT2D eigenvalue weighted by Crippen LogP contribution is 2.47. The summed E-state index contributed by atoms with van der Waals surface area (Å²) in [4.78, 5) is 20.2. The molecule has 0 aliphatic carbocycles. The number of nitrogens with zero attached hydrogens (tertiary/aromatic N) is 5. The van der Waals surface area contributed by atoms with Gasteiger partial charge in [-0.15, -0.1) is 11.3 Å². The van der Waals surface area contributed by atoms with Crippen molar-refractivity contribution in [2.24, 2.45) is 16.6 Å². The molecule has 26 heavy (non-hydrogen) atoms. The Balaban J connectivity index is 1.74. The fourth-order valence-electron chi connectivity index (χ4n) is 3.48. The van der Waals surface area contributed by atoms with Gasteiger partial charge in [-0.3, -0.25) is 4.98 Å². The summed E-state index contributed by atoms with van der Waals surface area (Å²) in [6.07, 6.45) is 2.85. The maximum atomic E-state index is 14.3. The molecule has 2 aliphatic heterocycles. The van der Waals surface area contributed by atoms with Crippen molar-refractivity contribution in [2.45, 2.75) is 25.1 Å². The van der Waals surface area contributed by atoms with Gasteiger partial charge in [0, 0.05) is 24.4 Å². The Bertz CT molecular complexity index is 851. The number of fused-ring (bicyclic) bond motifs is 1. The minimum atomic E-state index is -1.89. The third kappa shape index (κ3) is 2.84. The molecule has 138 valence electrons. The number of rotatable bonds is 3. The number of hydrogen-bond acceptors (Lipinski definition) is 8. The molecule has 0 aromatic carbocycles. The number of hydrogen-bond donors (Lipinski definition) is 1. The van der Waals surface area contributed by atoms with E-state index >= 15 is 0 Å². The Morgan fingerprint density at radius 3 is 2.88 bits per heavy atom. The summed E-state index contributed by atoms with van der Waals surface area (Å²) >= 11 is 3.06. The van der Waals surface area contributed by atoms with Gasteiger partial charge in [0.05, 0.1) is 23.1 Å². The number of aromatic nitrogens is 3. The van der Waals surface area contributed by atoms with Crippen LogP contribution in [0.5, 0.6) is 0 Å². The highest BCUT2D eigenvalue weighted by atomic mass is 32.2. The van der Waals surface area contributed by atoms with Crippen LogP contribution >= 0.6 is 23.1 Å². The van der Waals surface area contributed by atoms with E-state index in [1.165, 1.54) is 36.9 Å². The minimum absolute atomic E-state index is 0.190. The van der Waals surface area contributed by atoms with Crippen molar-refractivity contribution in [1.82, 2.24) is 15.0 Å². The van der Waals surface area contributed by atoms with Gasteiger partial charge in [-0.25, -0.2) is 23.7 Å². The Hall–Kier alpha value is -1.81. The van der Waals surface area contributed by atoms with E-state index in [1.54, 1.807) is 5.51 Å². The molecule has 2 aromatic heterocycles. The van der Waals surface area contributed by atoms with Crippen LogP contribution in [-0.2, 0) is 11.2 Å². The van der Waals surface area contributed by atoms with Gasteiger partial charge in [0.2, 0.25) is 5.95 Å². The van der Waals surface area contributed by atoms with Crippen LogP contribution in [0.3, 0.4) is 0 Å². The molecule has 0 amide bonds. The number of anilines is 1. The zero-order valence-corrected chi connectivity index (χ0v) is 15.9. The summed E-state index contributed by atoms with van der Waals surface area (Å²) in [5, 5.41) is 0.544. The van der Waals surface area contributed by atoms with Crippen molar-refractivity contribution < 1.29 is 8.78 Å². The van der Waals surface area contributed by atoms with Gasteiger partial charge in [-0.1, -0.05) is 11.8 Å². The second-order valence-electron chi connectivity index (χ2n) is 6.97. The Morgan fingerprint density at radius 2 is 2.19 bits per heavy atom. The third-order valence-electron chi connectivity index (χ3n) is 4.73. The summed E-state index contributed by atoms with van der Waals surface area (Å²) in [5.41, 5.74) is 5.15.